The van der Waals surface area contributed by atoms with Gasteiger partial charge < -0.3 is 9.80 Å². The lowest BCUT2D eigenvalue weighted by Gasteiger charge is -2.11. The minimum atomic E-state index is 1.03. The van der Waals surface area contributed by atoms with Crippen LogP contribution >= 0.6 is 0 Å². The maximum Gasteiger partial charge on any atom is 0.0363 e. The van der Waals surface area contributed by atoms with E-state index in [9.17, 15) is 0 Å². The van der Waals surface area contributed by atoms with Gasteiger partial charge in [0.1, 0.15) is 0 Å². The Kier molecular flexibility index (Phi) is 6.82. The summed E-state index contributed by atoms with van der Waals surface area (Å²) in [6.45, 7) is 3.13. The van der Waals surface area contributed by atoms with Crippen molar-refractivity contribution < 1.29 is 0 Å². The highest BCUT2D eigenvalue weighted by molar-refractivity contribution is 5.46. The molecule has 0 N–H and O–H groups in total. The lowest BCUT2D eigenvalue weighted by molar-refractivity contribution is 0.402. The summed E-state index contributed by atoms with van der Waals surface area (Å²) in [6.07, 6.45) is 0. The second-order valence-electron chi connectivity index (χ2n) is 5.46. The predicted molar refractivity (Wildman–Crippen MR) is 89.3 cm³/mol. The lowest BCUT2D eigenvalue weighted by atomic mass is 10.2. The molecule has 2 nitrogen and oxygen atoms in total. The molecule has 0 aliphatic rings. The number of rotatable bonds is 3. The zero-order valence-electron chi connectivity index (χ0n) is 13.3. The maximum atomic E-state index is 2.17. The van der Waals surface area contributed by atoms with Crippen molar-refractivity contribution in [3.63, 3.8) is 0 Å². The Morgan fingerprint density at radius 1 is 0.800 bits per heavy atom. The SMILES string of the molecule is CN(C)Cc1ccccc1.Cc1cccc(N(C)C)c1. The van der Waals surface area contributed by atoms with Crippen LogP contribution in [0.3, 0.4) is 0 Å². The van der Waals surface area contributed by atoms with Gasteiger partial charge in [-0.05, 0) is 44.3 Å². The van der Waals surface area contributed by atoms with E-state index in [1.165, 1.54) is 16.8 Å². The molecule has 0 aromatic heterocycles. The first-order valence-electron chi connectivity index (χ1n) is 6.91. The van der Waals surface area contributed by atoms with Crippen LogP contribution in [0.1, 0.15) is 11.1 Å². The first kappa shape index (κ1) is 16.3. The van der Waals surface area contributed by atoms with Gasteiger partial charge in [0.2, 0.25) is 0 Å². The van der Waals surface area contributed by atoms with Crippen molar-refractivity contribution >= 4 is 5.69 Å². The van der Waals surface area contributed by atoms with E-state index in [0.29, 0.717) is 0 Å². The van der Waals surface area contributed by atoms with E-state index in [4.69, 9.17) is 0 Å². The summed E-state index contributed by atoms with van der Waals surface area (Å²) >= 11 is 0. The van der Waals surface area contributed by atoms with Gasteiger partial charge in [-0.3, -0.25) is 0 Å². The monoisotopic (exact) mass is 270 g/mol. The Balaban J connectivity index is 0.000000200. The molecule has 2 aromatic rings. The highest BCUT2D eigenvalue weighted by Crippen LogP contribution is 2.11. The summed E-state index contributed by atoms with van der Waals surface area (Å²) in [5, 5.41) is 0. The molecule has 0 bridgehead atoms. The standard InChI is InChI=1S/2C9H13N/c1-8-5-4-6-9(7-8)10(2)3;1-10(2)8-9-6-4-3-5-7-9/h4-7H,1-3H3;3-7H,8H2,1-2H3. The van der Waals surface area contributed by atoms with Crippen molar-refractivity contribution in [3.8, 4) is 0 Å². The topological polar surface area (TPSA) is 6.48 Å². The Labute approximate surface area is 123 Å². The zero-order chi connectivity index (χ0) is 15.0. The number of benzene rings is 2. The minimum Gasteiger partial charge on any atom is -0.378 e. The average Bonchev–Trinajstić information content (AvgIpc) is 2.40. The van der Waals surface area contributed by atoms with Gasteiger partial charge in [-0.2, -0.15) is 0 Å². The van der Waals surface area contributed by atoms with Gasteiger partial charge in [-0.25, -0.2) is 0 Å². The molecule has 0 fully saturated rings. The second kappa shape index (κ2) is 8.39. The molecule has 0 unspecified atom stereocenters. The van der Waals surface area contributed by atoms with E-state index < -0.39 is 0 Å². The number of anilines is 1. The normalized spacial score (nSPS) is 9.90. The molecule has 0 saturated heterocycles. The number of hydrogen-bond acceptors (Lipinski definition) is 2. The molecule has 2 rings (SSSR count). The molecule has 2 heteroatoms. The van der Waals surface area contributed by atoms with Crippen LogP contribution in [0.15, 0.2) is 54.6 Å². The summed E-state index contributed by atoms with van der Waals surface area (Å²) in [5.41, 5.74) is 3.94. The molecular formula is C18H26N2. The van der Waals surface area contributed by atoms with Gasteiger partial charge in [0.15, 0.2) is 0 Å². The van der Waals surface area contributed by atoms with Crippen LogP contribution in [-0.4, -0.2) is 33.1 Å². The van der Waals surface area contributed by atoms with Crippen LogP contribution in [0, 0.1) is 6.92 Å². The lowest BCUT2D eigenvalue weighted by Crippen LogP contribution is -2.10. The van der Waals surface area contributed by atoms with Gasteiger partial charge in [0, 0.05) is 26.3 Å². The van der Waals surface area contributed by atoms with Crippen molar-refractivity contribution in [2.24, 2.45) is 0 Å². The molecule has 0 saturated carbocycles. The summed E-state index contributed by atoms with van der Waals surface area (Å²) < 4.78 is 0. The molecule has 0 atom stereocenters. The molecule has 0 aliphatic carbocycles. The van der Waals surface area contributed by atoms with Crippen LogP contribution in [-0.2, 0) is 6.54 Å². The van der Waals surface area contributed by atoms with E-state index in [1.807, 2.05) is 6.07 Å². The van der Waals surface area contributed by atoms with Crippen LogP contribution in [0.5, 0.6) is 0 Å². The minimum absolute atomic E-state index is 1.03. The summed E-state index contributed by atoms with van der Waals surface area (Å²) in [6, 6.07) is 18.9. The van der Waals surface area contributed by atoms with Crippen LogP contribution < -0.4 is 4.90 Å². The van der Waals surface area contributed by atoms with Crippen LogP contribution in [0.4, 0.5) is 5.69 Å². The van der Waals surface area contributed by atoms with Gasteiger partial charge >= 0.3 is 0 Å². The largest absolute Gasteiger partial charge is 0.378 e. The Hall–Kier alpha value is -1.80. The third kappa shape index (κ3) is 6.39. The molecule has 2 aromatic carbocycles. The number of aryl methyl sites for hydroxylation is 1. The maximum absolute atomic E-state index is 2.17. The summed E-state index contributed by atoms with van der Waals surface area (Å²) in [4.78, 5) is 4.27. The summed E-state index contributed by atoms with van der Waals surface area (Å²) in [5.74, 6) is 0. The zero-order valence-corrected chi connectivity index (χ0v) is 13.3. The fourth-order valence-corrected chi connectivity index (χ4v) is 1.85. The van der Waals surface area contributed by atoms with Crippen molar-refractivity contribution in [3.05, 3.63) is 65.7 Å². The highest BCUT2D eigenvalue weighted by atomic mass is 15.1. The Morgan fingerprint density at radius 3 is 1.90 bits per heavy atom. The van der Waals surface area contributed by atoms with Gasteiger partial charge in [-0.15, -0.1) is 0 Å². The summed E-state index contributed by atoms with van der Waals surface area (Å²) in [7, 11) is 8.25. The highest BCUT2D eigenvalue weighted by Gasteiger charge is 1.92. The third-order valence-corrected chi connectivity index (χ3v) is 2.86. The van der Waals surface area contributed by atoms with Gasteiger partial charge in [0.05, 0.1) is 0 Å². The van der Waals surface area contributed by atoms with Crippen molar-refractivity contribution in [2.45, 2.75) is 13.5 Å². The molecule has 0 heterocycles. The Bertz CT molecular complexity index is 490. The fourth-order valence-electron chi connectivity index (χ4n) is 1.85. The van der Waals surface area contributed by atoms with E-state index in [2.05, 4.69) is 93.4 Å². The van der Waals surface area contributed by atoms with Crippen molar-refractivity contribution in [1.29, 1.82) is 0 Å². The first-order valence-corrected chi connectivity index (χ1v) is 6.91. The average molecular weight is 270 g/mol. The van der Waals surface area contributed by atoms with Gasteiger partial charge in [-0.1, -0.05) is 42.5 Å². The number of hydrogen-bond donors (Lipinski definition) is 0. The van der Waals surface area contributed by atoms with E-state index >= 15 is 0 Å². The molecule has 0 aliphatic heterocycles. The smallest absolute Gasteiger partial charge is 0.0363 e. The molecule has 0 radical (unpaired) electrons. The molecule has 0 amide bonds. The molecule has 0 spiro atoms. The van der Waals surface area contributed by atoms with E-state index in [0.717, 1.165) is 6.54 Å². The number of nitrogens with zero attached hydrogens (tertiary/aromatic N) is 2. The van der Waals surface area contributed by atoms with Crippen LogP contribution in [0.2, 0.25) is 0 Å². The van der Waals surface area contributed by atoms with Gasteiger partial charge in [0.25, 0.3) is 0 Å². The second-order valence-corrected chi connectivity index (χ2v) is 5.46. The Morgan fingerprint density at radius 2 is 1.45 bits per heavy atom. The quantitative estimate of drug-likeness (QED) is 0.837. The molecule has 108 valence electrons. The fraction of sp³-hybridized carbons (Fsp3) is 0.333. The first-order chi connectivity index (χ1) is 9.49. The van der Waals surface area contributed by atoms with E-state index in [1.54, 1.807) is 0 Å². The molecular weight excluding hydrogens is 244 g/mol. The third-order valence-electron chi connectivity index (χ3n) is 2.86. The van der Waals surface area contributed by atoms with Crippen molar-refractivity contribution in [2.75, 3.05) is 33.1 Å². The van der Waals surface area contributed by atoms with Crippen molar-refractivity contribution in [1.82, 2.24) is 4.90 Å². The predicted octanol–water partition coefficient (Wildman–Crippen LogP) is 3.81. The van der Waals surface area contributed by atoms with Crippen LogP contribution in [0.25, 0.3) is 0 Å². The molecule has 20 heavy (non-hydrogen) atoms. The van der Waals surface area contributed by atoms with E-state index in [-0.39, 0.29) is 0 Å².